The highest BCUT2D eigenvalue weighted by molar-refractivity contribution is 7.14. The van der Waals surface area contributed by atoms with Crippen LogP contribution in [-0.4, -0.2) is 37.6 Å². The van der Waals surface area contributed by atoms with Gasteiger partial charge in [0, 0.05) is 22.7 Å². The Morgan fingerprint density at radius 3 is 2.86 bits per heavy atom. The first kappa shape index (κ1) is 22.9. The molecule has 3 aromatic heterocycles. The molecule has 1 amide bonds. The quantitative estimate of drug-likeness (QED) is 0.311. The van der Waals surface area contributed by atoms with Crippen molar-refractivity contribution in [3.05, 3.63) is 74.1 Å². The van der Waals surface area contributed by atoms with E-state index in [1.807, 2.05) is 6.07 Å². The zero-order chi connectivity index (χ0) is 24.4. The van der Waals surface area contributed by atoms with E-state index in [4.69, 9.17) is 5.11 Å². The van der Waals surface area contributed by atoms with Crippen molar-refractivity contribution in [1.29, 1.82) is 0 Å². The molecule has 9 nitrogen and oxygen atoms in total. The minimum atomic E-state index is -0.569. The summed E-state index contributed by atoms with van der Waals surface area (Å²) in [5, 5.41) is 25.3. The van der Waals surface area contributed by atoms with Crippen LogP contribution in [0.15, 0.2) is 47.4 Å². The fourth-order valence-corrected chi connectivity index (χ4v) is 5.16. The van der Waals surface area contributed by atoms with Crippen LogP contribution in [0, 0.1) is 5.82 Å². The third-order valence-electron chi connectivity index (χ3n) is 5.77. The highest BCUT2D eigenvalue weighted by atomic mass is 32.1. The zero-order valence-electron chi connectivity index (χ0n) is 18.7. The summed E-state index contributed by atoms with van der Waals surface area (Å²) in [6.07, 6.45) is 5.87. The molecule has 0 spiro atoms. The van der Waals surface area contributed by atoms with E-state index in [-0.39, 0.29) is 23.9 Å². The van der Waals surface area contributed by atoms with Gasteiger partial charge in [0.05, 0.1) is 29.4 Å². The summed E-state index contributed by atoms with van der Waals surface area (Å²) in [5.41, 5.74) is 1.87. The van der Waals surface area contributed by atoms with Crippen molar-refractivity contribution in [2.75, 3.05) is 17.2 Å². The fourth-order valence-electron chi connectivity index (χ4n) is 4.01. The highest BCUT2D eigenvalue weighted by Gasteiger charge is 2.19. The molecule has 0 saturated carbocycles. The lowest BCUT2D eigenvalue weighted by atomic mass is 9.99. The van der Waals surface area contributed by atoms with Crippen LogP contribution in [0.3, 0.4) is 0 Å². The smallest absolute Gasteiger partial charge is 0.287 e. The van der Waals surface area contributed by atoms with E-state index in [1.165, 1.54) is 50.7 Å². The van der Waals surface area contributed by atoms with Crippen LogP contribution in [0.2, 0.25) is 0 Å². The number of aliphatic hydroxyl groups is 1. The molecule has 5 rings (SSSR count). The van der Waals surface area contributed by atoms with E-state index in [1.54, 1.807) is 12.3 Å². The number of aromatic nitrogens is 4. The van der Waals surface area contributed by atoms with Gasteiger partial charge in [-0.2, -0.15) is 10.2 Å². The van der Waals surface area contributed by atoms with Crippen LogP contribution >= 0.6 is 11.3 Å². The lowest BCUT2D eigenvalue weighted by molar-refractivity contribution is 0.103. The van der Waals surface area contributed by atoms with E-state index in [0.29, 0.717) is 28.5 Å². The molecule has 0 radical (unpaired) electrons. The molecule has 0 bridgehead atoms. The van der Waals surface area contributed by atoms with Crippen LogP contribution in [0.5, 0.6) is 0 Å². The maximum atomic E-state index is 14.6. The molecule has 35 heavy (non-hydrogen) atoms. The van der Waals surface area contributed by atoms with Gasteiger partial charge in [-0.25, -0.2) is 9.49 Å². The Bertz CT molecular complexity index is 1420. The topological polar surface area (TPSA) is 125 Å². The van der Waals surface area contributed by atoms with E-state index in [9.17, 15) is 14.0 Å². The Labute approximate surface area is 203 Å². The molecule has 180 valence electrons. The number of H-pyrrole nitrogens is 1. The average Bonchev–Trinajstić information content (AvgIpc) is 3.49. The van der Waals surface area contributed by atoms with Crippen molar-refractivity contribution in [2.45, 2.75) is 32.2 Å². The number of hydrogen-bond acceptors (Lipinski definition) is 7. The average molecular weight is 495 g/mol. The number of nitrogens with zero attached hydrogens (tertiary/aromatic N) is 3. The molecule has 11 heteroatoms. The van der Waals surface area contributed by atoms with Crippen molar-refractivity contribution in [1.82, 2.24) is 20.0 Å². The second kappa shape index (κ2) is 9.80. The van der Waals surface area contributed by atoms with E-state index < -0.39 is 11.4 Å². The lowest BCUT2D eigenvalue weighted by Crippen LogP contribution is -2.14. The normalized spacial score (nSPS) is 12.9. The number of aromatic amines is 1. The summed E-state index contributed by atoms with van der Waals surface area (Å²) >= 11 is 1.46. The summed E-state index contributed by atoms with van der Waals surface area (Å²) in [6.45, 7) is 0.275. The third-order valence-corrected chi connectivity index (χ3v) is 7.00. The monoisotopic (exact) mass is 494 g/mol. The summed E-state index contributed by atoms with van der Waals surface area (Å²) in [5.74, 6) is -0.497. The van der Waals surface area contributed by atoms with Gasteiger partial charge < -0.3 is 15.7 Å². The number of nitrogens with one attached hydrogen (secondary N) is 3. The van der Waals surface area contributed by atoms with Gasteiger partial charge in [-0.1, -0.05) is 0 Å². The Hall–Kier alpha value is -3.83. The number of anilines is 3. The Morgan fingerprint density at radius 1 is 1.17 bits per heavy atom. The van der Waals surface area contributed by atoms with E-state index in [2.05, 4.69) is 25.9 Å². The highest BCUT2D eigenvalue weighted by Crippen LogP contribution is 2.31. The number of halogens is 1. The minimum absolute atomic E-state index is 0.0316. The Kier molecular flexibility index (Phi) is 6.43. The molecule has 3 heterocycles. The number of benzene rings is 1. The molecule has 1 aromatic carbocycles. The van der Waals surface area contributed by atoms with Gasteiger partial charge in [0.25, 0.3) is 11.5 Å². The molecule has 0 saturated heterocycles. The number of thiophene rings is 1. The first-order valence-electron chi connectivity index (χ1n) is 11.2. The van der Waals surface area contributed by atoms with Gasteiger partial charge in [-0.15, -0.1) is 11.3 Å². The van der Waals surface area contributed by atoms with Gasteiger partial charge >= 0.3 is 0 Å². The number of carbonyl (C=O) groups excluding carboxylic acids is 1. The summed E-state index contributed by atoms with van der Waals surface area (Å²) < 4.78 is 16.1. The summed E-state index contributed by atoms with van der Waals surface area (Å²) in [6, 6.07) is 9.36. The molecule has 0 unspecified atom stereocenters. The van der Waals surface area contributed by atoms with Gasteiger partial charge in [-0.3, -0.25) is 14.3 Å². The maximum absolute atomic E-state index is 14.6. The molecule has 1 aliphatic rings. The van der Waals surface area contributed by atoms with Crippen molar-refractivity contribution in [3.8, 4) is 11.3 Å². The van der Waals surface area contributed by atoms with Crippen molar-refractivity contribution < 1.29 is 14.3 Å². The number of fused-ring (bicyclic) bond motifs is 1. The predicted molar refractivity (Wildman–Crippen MR) is 132 cm³/mol. The number of aliphatic hydroxyl groups excluding tert-OH is 1. The van der Waals surface area contributed by atoms with E-state index in [0.717, 1.165) is 25.7 Å². The number of aryl methyl sites for hydroxylation is 2. The molecular weight excluding hydrogens is 471 g/mol. The van der Waals surface area contributed by atoms with Gasteiger partial charge in [0.1, 0.15) is 11.5 Å². The molecule has 0 atom stereocenters. The standard InChI is InChI=1S/C24H23FN6O3S/c25-16-6-5-14(11-18(16)27-24(34)21-12-15-3-1-2-4-20(15)35-21)17-13-19(23(33)29-28-17)26-22-7-8-31(30-22)9-10-32/h5-8,11-13,32H,1-4,9-10H2,(H,27,34)(H,29,33)(H,26,28,30). The number of carbonyl (C=O) groups is 1. The van der Waals surface area contributed by atoms with Gasteiger partial charge in [0.15, 0.2) is 5.82 Å². The minimum Gasteiger partial charge on any atom is -0.394 e. The maximum Gasteiger partial charge on any atom is 0.287 e. The Morgan fingerprint density at radius 2 is 2.03 bits per heavy atom. The van der Waals surface area contributed by atoms with Crippen molar-refractivity contribution in [2.24, 2.45) is 0 Å². The molecular formula is C24H23FN6O3S. The van der Waals surface area contributed by atoms with Crippen molar-refractivity contribution >= 4 is 34.4 Å². The first-order chi connectivity index (χ1) is 17.0. The second-order valence-electron chi connectivity index (χ2n) is 8.22. The first-order valence-corrected chi connectivity index (χ1v) is 12.1. The zero-order valence-corrected chi connectivity index (χ0v) is 19.5. The van der Waals surface area contributed by atoms with Gasteiger partial charge in [0.2, 0.25) is 0 Å². The summed E-state index contributed by atoms with van der Waals surface area (Å²) in [7, 11) is 0. The second-order valence-corrected chi connectivity index (χ2v) is 9.36. The molecule has 1 aliphatic carbocycles. The van der Waals surface area contributed by atoms with Crippen LogP contribution < -0.4 is 16.2 Å². The van der Waals surface area contributed by atoms with E-state index >= 15 is 0 Å². The predicted octanol–water partition coefficient (Wildman–Crippen LogP) is 3.70. The number of hydrogen-bond donors (Lipinski definition) is 4. The summed E-state index contributed by atoms with van der Waals surface area (Å²) in [4.78, 5) is 26.9. The van der Waals surface area contributed by atoms with Gasteiger partial charge in [-0.05, 0) is 61.6 Å². The molecule has 0 fully saturated rings. The molecule has 0 aliphatic heterocycles. The van der Waals surface area contributed by atoms with Crippen molar-refractivity contribution in [3.63, 3.8) is 0 Å². The third kappa shape index (κ3) is 5.00. The largest absolute Gasteiger partial charge is 0.394 e. The Balaban J connectivity index is 1.37. The molecule has 4 aromatic rings. The van der Waals surface area contributed by atoms with Crippen LogP contribution in [0.1, 0.15) is 33.0 Å². The SMILES string of the molecule is O=C(Nc1cc(-c2cc(Nc3ccn(CCO)n3)c(=O)[nH]n2)ccc1F)c1cc2c(s1)CCCC2. The number of amides is 1. The van der Waals surface area contributed by atoms with Crippen LogP contribution in [0.4, 0.5) is 21.6 Å². The lowest BCUT2D eigenvalue weighted by Gasteiger charge is -2.09. The van der Waals surface area contributed by atoms with Crippen LogP contribution in [0.25, 0.3) is 11.3 Å². The molecule has 4 N–H and O–H groups in total. The fraction of sp³-hybridized carbons (Fsp3) is 0.250. The number of rotatable bonds is 7. The van der Waals surface area contributed by atoms with Crippen LogP contribution in [-0.2, 0) is 19.4 Å².